The van der Waals surface area contributed by atoms with Gasteiger partial charge in [0.25, 0.3) is 0 Å². The van der Waals surface area contributed by atoms with Gasteiger partial charge in [-0.15, -0.1) is 0 Å². The van der Waals surface area contributed by atoms with Crippen LogP contribution in [-0.2, 0) is 6.61 Å². The van der Waals surface area contributed by atoms with Gasteiger partial charge in [0.2, 0.25) is 0 Å². The fraction of sp³-hybridized carbons (Fsp3) is 0.357. The number of rotatable bonds is 5. The quantitative estimate of drug-likeness (QED) is 0.850. The standard InChI is InChI=1S/C14H18ClN3O/c1-3-10(2)18-8-7-11(17-18)9-19-14-12(15)5-4-6-13(14)16/h4-8,10H,3,9,16H2,1-2H3. The average molecular weight is 280 g/mol. The lowest BCUT2D eigenvalue weighted by Crippen LogP contribution is -2.06. The smallest absolute Gasteiger partial charge is 0.161 e. The number of nitrogen functional groups attached to an aromatic ring is 1. The van der Waals surface area contributed by atoms with Crippen LogP contribution in [0.5, 0.6) is 5.75 Å². The number of ether oxygens (including phenoxy) is 1. The number of nitrogens with two attached hydrogens (primary N) is 1. The van der Waals surface area contributed by atoms with Gasteiger partial charge >= 0.3 is 0 Å². The van der Waals surface area contributed by atoms with Crippen LogP contribution in [0.15, 0.2) is 30.5 Å². The third-order valence-corrected chi connectivity index (χ3v) is 3.37. The maximum Gasteiger partial charge on any atom is 0.161 e. The van der Waals surface area contributed by atoms with E-state index >= 15 is 0 Å². The maximum absolute atomic E-state index is 6.04. The number of benzene rings is 1. The Morgan fingerprint density at radius 3 is 2.89 bits per heavy atom. The molecule has 1 aromatic heterocycles. The normalized spacial score (nSPS) is 12.4. The Morgan fingerprint density at radius 1 is 1.42 bits per heavy atom. The van der Waals surface area contributed by atoms with Gasteiger partial charge in [-0.2, -0.15) is 5.10 Å². The average Bonchev–Trinajstić information content (AvgIpc) is 2.86. The van der Waals surface area contributed by atoms with Crippen molar-refractivity contribution in [1.82, 2.24) is 9.78 Å². The van der Waals surface area contributed by atoms with Crippen molar-refractivity contribution < 1.29 is 4.74 Å². The van der Waals surface area contributed by atoms with Crippen LogP contribution in [0.25, 0.3) is 0 Å². The van der Waals surface area contributed by atoms with E-state index in [1.165, 1.54) is 0 Å². The Hall–Kier alpha value is -1.68. The van der Waals surface area contributed by atoms with Crippen molar-refractivity contribution in [3.8, 4) is 5.75 Å². The molecular formula is C14H18ClN3O. The minimum atomic E-state index is 0.358. The van der Waals surface area contributed by atoms with Crippen molar-refractivity contribution in [1.29, 1.82) is 0 Å². The van der Waals surface area contributed by atoms with Gasteiger partial charge in [-0.1, -0.05) is 24.6 Å². The van der Waals surface area contributed by atoms with Gasteiger partial charge < -0.3 is 10.5 Å². The van der Waals surface area contributed by atoms with Crippen LogP contribution in [-0.4, -0.2) is 9.78 Å². The number of hydrogen-bond acceptors (Lipinski definition) is 3. The highest BCUT2D eigenvalue weighted by molar-refractivity contribution is 6.32. The molecule has 0 saturated heterocycles. The molecule has 2 aromatic rings. The van der Waals surface area contributed by atoms with E-state index in [1.807, 2.05) is 16.9 Å². The van der Waals surface area contributed by atoms with Crippen LogP contribution < -0.4 is 10.5 Å². The van der Waals surface area contributed by atoms with Gasteiger partial charge in [0.05, 0.1) is 16.4 Å². The molecule has 2 rings (SSSR count). The van der Waals surface area contributed by atoms with Crippen LogP contribution in [0, 0.1) is 0 Å². The van der Waals surface area contributed by atoms with Crippen molar-refractivity contribution in [2.75, 3.05) is 5.73 Å². The van der Waals surface area contributed by atoms with E-state index in [1.54, 1.807) is 18.2 Å². The van der Waals surface area contributed by atoms with Crippen molar-refractivity contribution in [3.05, 3.63) is 41.2 Å². The molecule has 0 saturated carbocycles. The van der Waals surface area contributed by atoms with Crippen molar-refractivity contribution >= 4 is 17.3 Å². The van der Waals surface area contributed by atoms with Crippen LogP contribution in [0.4, 0.5) is 5.69 Å². The lowest BCUT2D eigenvalue weighted by molar-refractivity contribution is 0.300. The zero-order valence-corrected chi connectivity index (χ0v) is 11.9. The summed E-state index contributed by atoms with van der Waals surface area (Å²) in [5.41, 5.74) is 7.22. The topological polar surface area (TPSA) is 53.1 Å². The molecule has 1 unspecified atom stereocenters. The first-order valence-electron chi connectivity index (χ1n) is 6.32. The number of halogens is 1. The summed E-state index contributed by atoms with van der Waals surface area (Å²) in [4.78, 5) is 0. The Morgan fingerprint density at radius 2 is 2.21 bits per heavy atom. The van der Waals surface area contributed by atoms with E-state index in [9.17, 15) is 0 Å². The number of hydrogen-bond donors (Lipinski definition) is 1. The molecule has 19 heavy (non-hydrogen) atoms. The third-order valence-electron chi connectivity index (χ3n) is 3.07. The monoisotopic (exact) mass is 279 g/mol. The predicted octanol–water partition coefficient (Wildman–Crippen LogP) is 3.67. The van der Waals surface area contributed by atoms with E-state index in [0.29, 0.717) is 29.1 Å². The third kappa shape index (κ3) is 3.20. The van der Waals surface area contributed by atoms with Crippen LogP contribution in [0.3, 0.4) is 0 Å². The van der Waals surface area contributed by atoms with Gasteiger partial charge in [0, 0.05) is 12.2 Å². The number of nitrogens with zero attached hydrogens (tertiary/aromatic N) is 2. The van der Waals surface area contributed by atoms with Gasteiger partial charge in [0.15, 0.2) is 5.75 Å². The van der Waals surface area contributed by atoms with Gasteiger partial charge in [-0.05, 0) is 31.5 Å². The predicted molar refractivity (Wildman–Crippen MR) is 77.4 cm³/mol. The zero-order chi connectivity index (χ0) is 13.8. The number of aromatic nitrogens is 2. The Balaban J connectivity index is 2.05. The molecule has 102 valence electrons. The molecule has 2 N–H and O–H groups in total. The van der Waals surface area contributed by atoms with Crippen LogP contribution in [0.2, 0.25) is 5.02 Å². The van der Waals surface area contributed by atoms with Crippen molar-refractivity contribution in [3.63, 3.8) is 0 Å². The first-order chi connectivity index (χ1) is 9.11. The molecule has 0 spiro atoms. The summed E-state index contributed by atoms with van der Waals surface area (Å²) in [6, 6.07) is 7.64. The second kappa shape index (κ2) is 5.97. The molecule has 0 amide bonds. The lowest BCUT2D eigenvalue weighted by atomic mass is 10.3. The Labute approximate surface area is 118 Å². The number of anilines is 1. The molecule has 1 heterocycles. The zero-order valence-electron chi connectivity index (χ0n) is 11.1. The Bertz CT molecular complexity index is 533. The van der Waals surface area contributed by atoms with Gasteiger partial charge in [-0.25, -0.2) is 0 Å². The van der Waals surface area contributed by atoms with Crippen molar-refractivity contribution in [2.45, 2.75) is 32.9 Å². The van der Waals surface area contributed by atoms with Gasteiger partial charge in [0.1, 0.15) is 6.61 Å². The summed E-state index contributed by atoms with van der Waals surface area (Å²) in [5.74, 6) is 0.516. The van der Waals surface area contributed by atoms with E-state index < -0.39 is 0 Å². The first kappa shape index (κ1) is 13.7. The molecule has 4 nitrogen and oxygen atoms in total. The molecule has 0 aliphatic heterocycles. The van der Waals surface area contributed by atoms with Gasteiger partial charge in [-0.3, -0.25) is 4.68 Å². The summed E-state index contributed by atoms with van der Waals surface area (Å²) in [6.45, 7) is 4.62. The second-order valence-electron chi connectivity index (χ2n) is 4.49. The van der Waals surface area contributed by atoms with Crippen molar-refractivity contribution in [2.24, 2.45) is 0 Å². The van der Waals surface area contributed by atoms with E-state index in [-0.39, 0.29) is 0 Å². The molecule has 0 aliphatic carbocycles. The fourth-order valence-electron chi connectivity index (χ4n) is 1.71. The first-order valence-corrected chi connectivity index (χ1v) is 6.70. The molecule has 0 fully saturated rings. The van der Waals surface area contributed by atoms with E-state index in [4.69, 9.17) is 22.1 Å². The highest BCUT2D eigenvalue weighted by atomic mass is 35.5. The fourth-order valence-corrected chi connectivity index (χ4v) is 1.95. The maximum atomic E-state index is 6.04. The van der Waals surface area contributed by atoms with E-state index in [2.05, 4.69) is 18.9 Å². The molecule has 0 radical (unpaired) electrons. The summed E-state index contributed by atoms with van der Waals surface area (Å²) >= 11 is 6.04. The largest absolute Gasteiger partial charge is 0.483 e. The molecule has 5 heteroatoms. The Kier molecular flexibility index (Phi) is 4.32. The summed E-state index contributed by atoms with van der Waals surface area (Å²) < 4.78 is 7.59. The number of para-hydroxylation sites is 1. The molecule has 0 aliphatic rings. The van der Waals surface area contributed by atoms with Crippen LogP contribution in [0.1, 0.15) is 32.0 Å². The SMILES string of the molecule is CCC(C)n1ccc(COc2c(N)cccc2Cl)n1. The summed E-state index contributed by atoms with van der Waals surface area (Å²) in [5, 5.41) is 4.98. The molecule has 1 aromatic carbocycles. The minimum absolute atomic E-state index is 0.358. The molecule has 1 atom stereocenters. The molecule has 0 bridgehead atoms. The lowest BCUT2D eigenvalue weighted by Gasteiger charge is -2.10. The minimum Gasteiger partial charge on any atom is -0.483 e. The van der Waals surface area contributed by atoms with Crippen LogP contribution >= 0.6 is 11.6 Å². The molecular weight excluding hydrogens is 262 g/mol. The highest BCUT2D eigenvalue weighted by Crippen LogP contribution is 2.31. The van der Waals surface area contributed by atoms with E-state index in [0.717, 1.165) is 12.1 Å². The highest BCUT2D eigenvalue weighted by Gasteiger charge is 2.08. The second-order valence-corrected chi connectivity index (χ2v) is 4.90. The summed E-state index contributed by atoms with van der Waals surface area (Å²) in [7, 11) is 0. The summed E-state index contributed by atoms with van der Waals surface area (Å²) in [6.07, 6.45) is 3.00.